The third-order valence-corrected chi connectivity index (χ3v) is 5.75. The average Bonchev–Trinajstić information content (AvgIpc) is 3.26. The normalized spacial score (nSPS) is 14.9. The van der Waals surface area contributed by atoms with Gasteiger partial charge in [-0.05, 0) is 25.5 Å². The first-order valence-electron chi connectivity index (χ1n) is 10.8. The Morgan fingerprint density at radius 1 is 1.18 bits per heavy atom. The predicted molar refractivity (Wildman–Crippen MR) is 125 cm³/mol. The molecule has 172 valence electrons. The minimum atomic E-state index is -0.692. The molecule has 2 aromatic heterocycles. The van der Waals surface area contributed by atoms with Crippen LogP contribution in [-0.2, 0) is 6.42 Å². The number of anilines is 3. The fourth-order valence-electron chi connectivity index (χ4n) is 4.07. The molecule has 0 spiro atoms. The molecule has 0 bridgehead atoms. The first kappa shape index (κ1) is 21.7. The van der Waals surface area contributed by atoms with Gasteiger partial charge in [-0.2, -0.15) is 0 Å². The van der Waals surface area contributed by atoms with Gasteiger partial charge in [0.05, 0.1) is 18.5 Å². The van der Waals surface area contributed by atoms with E-state index in [0.29, 0.717) is 17.8 Å². The SMILES string of the molecule is [C-]#[N+]c1c(Nc2ccc(N3CCNCC3)cn2)ncnc1Oc1cc(F)c2c(c1F)C=C(C)C2. The molecule has 0 saturated carbocycles. The zero-order chi connectivity index (χ0) is 23.7. The van der Waals surface area contributed by atoms with Crippen LogP contribution in [0.5, 0.6) is 11.6 Å². The van der Waals surface area contributed by atoms with Crippen molar-refractivity contribution in [2.75, 3.05) is 36.4 Å². The highest BCUT2D eigenvalue weighted by molar-refractivity contribution is 5.75. The number of nitrogens with zero attached hydrogens (tertiary/aromatic N) is 5. The van der Waals surface area contributed by atoms with E-state index >= 15 is 0 Å². The summed E-state index contributed by atoms with van der Waals surface area (Å²) in [7, 11) is 0. The minimum absolute atomic E-state index is 0.0671. The molecule has 5 rings (SSSR count). The fraction of sp³-hybridized carbons (Fsp3) is 0.250. The Bertz CT molecular complexity index is 1310. The Morgan fingerprint density at radius 2 is 2.00 bits per heavy atom. The van der Waals surface area contributed by atoms with Gasteiger partial charge >= 0.3 is 0 Å². The summed E-state index contributed by atoms with van der Waals surface area (Å²) in [6, 6.07) is 4.72. The number of rotatable bonds is 5. The van der Waals surface area contributed by atoms with Crippen molar-refractivity contribution in [3.63, 3.8) is 0 Å². The smallest absolute Gasteiger partial charge is 0.288 e. The molecule has 0 atom stereocenters. The van der Waals surface area contributed by atoms with Crippen molar-refractivity contribution in [3.8, 4) is 11.6 Å². The lowest BCUT2D eigenvalue weighted by atomic mass is 10.1. The lowest BCUT2D eigenvalue weighted by Crippen LogP contribution is -2.43. The summed E-state index contributed by atoms with van der Waals surface area (Å²) < 4.78 is 35.1. The summed E-state index contributed by atoms with van der Waals surface area (Å²) in [5.74, 6) is -1.14. The number of aromatic nitrogens is 3. The number of hydrogen-bond acceptors (Lipinski definition) is 7. The number of hydrogen-bond donors (Lipinski definition) is 2. The molecule has 34 heavy (non-hydrogen) atoms. The number of pyridine rings is 1. The van der Waals surface area contributed by atoms with Gasteiger partial charge in [-0.15, -0.1) is 0 Å². The van der Waals surface area contributed by atoms with Crippen molar-refractivity contribution in [2.45, 2.75) is 13.3 Å². The van der Waals surface area contributed by atoms with Gasteiger partial charge in [-0.3, -0.25) is 0 Å². The zero-order valence-electron chi connectivity index (χ0n) is 18.4. The van der Waals surface area contributed by atoms with Crippen molar-refractivity contribution in [1.29, 1.82) is 0 Å². The third-order valence-electron chi connectivity index (χ3n) is 5.75. The van der Waals surface area contributed by atoms with Crippen LogP contribution in [0.1, 0.15) is 18.1 Å². The topological polar surface area (TPSA) is 79.6 Å². The second-order valence-electron chi connectivity index (χ2n) is 8.08. The Labute approximate surface area is 195 Å². The van der Waals surface area contributed by atoms with Crippen LogP contribution in [0.25, 0.3) is 10.9 Å². The Hall–Kier alpha value is -4.10. The lowest BCUT2D eigenvalue weighted by molar-refractivity contribution is 0.422. The predicted octanol–water partition coefficient (Wildman–Crippen LogP) is 4.61. The van der Waals surface area contributed by atoms with Gasteiger partial charge < -0.3 is 20.3 Å². The zero-order valence-corrected chi connectivity index (χ0v) is 18.4. The van der Waals surface area contributed by atoms with Crippen molar-refractivity contribution in [1.82, 2.24) is 20.3 Å². The maximum Gasteiger partial charge on any atom is 0.288 e. The summed E-state index contributed by atoms with van der Waals surface area (Å²) in [5, 5.41) is 6.30. The molecule has 10 heteroatoms. The maximum atomic E-state index is 15.0. The van der Waals surface area contributed by atoms with E-state index in [0.717, 1.165) is 43.5 Å². The van der Waals surface area contributed by atoms with Gasteiger partial charge in [0, 0.05) is 43.4 Å². The van der Waals surface area contributed by atoms with Crippen LogP contribution in [0.4, 0.5) is 31.8 Å². The van der Waals surface area contributed by atoms with Gasteiger partial charge in [0.25, 0.3) is 5.69 Å². The van der Waals surface area contributed by atoms with E-state index in [4.69, 9.17) is 11.3 Å². The number of fused-ring (bicyclic) bond motifs is 1. The van der Waals surface area contributed by atoms with E-state index in [2.05, 4.69) is 35.3 Å². The molecular weight excluding hydrogens is 440 g/mol. The second kappa shape index (κ2) is 9.03. The molecule has 2 aliphatic rings. The summed E-state index contributed by atoms with van der Waals surface area (Å²) in [6.45, 7) is 13.0. The Balaban J connectivity index is 1.40. The van der Waals surface area contributed by atoms with E-state index in [9.17, 15) is 8.78 Å². The van der Waals surface area contributed by atoms with E-state index in [1.54, 1.807) is 18.3 Å². The van der Waals surface area contributed by atoms with Gasteiger partial charge in [0.2, 0.25) is 5.88 Å². The van der Waals surface area contributed by atoms with Crippen molar-refractivity contribution >= 4 is 29.1 Å². The molecule has 2 N–H and O–H groups in total. The third kappa shape index (κ3) is 4.13. The molecule has 8 nitrogen and oxygen atoms in total. The fourth-order valence-corrected chi connectivity index (χ4v) is 4.07. The van der Waals surface area contributed by atoms with Crippen molar-refractivity contribution in [2.24, 2.45) is 0 Å². The molecule has 1 aliphatic carbocycles. The molecular formula is C24H21F2N7O. The van der Waals surface area contributed by atoms with E-state index in [1.807, 2.05) is 13.0 Å². The van der Waals surface area contributed by atoms with E-state index in [1.165, 1.54) is 6.33 Å². The van der Waals surface area contributed by atoms with Crippen LogP contribution < -0.4 is 20.3 Å². The Morgan fingerprint density at radius 3 is 2.74 bits per heavy atom. The molecule has 3 aromatic rings. The highest BCUT2D eigenvalue weighted by Gasteiger charge is 2.24. The second-order valence-corrected chi connectivity index (χ2v) is 8.08. The molecule has 1 aromatic carbocycles. The first-order valence-corrected chi connectivity index (χ1v) is 10.8. The van der Waals surface area contributed by atoms with Gasteiger partial charge in [-0.25, -0.2) is 28.6 Å². The Kier molecular flexibility index (Phi) is 5.77. The lowest BCUT2D eigenvalue weighted by Gasteiger charge is -2.29. The largest absolute Gasteiger partial charge is 0.446 e. The van der Waals surface area contributed by atoms with Gasteiger partial charge in [-0.1, -0.05) is 11.6 Å². The summed E-state index contributed by atoms with van der Waals surface area (Å²) in [5.41, 5.74) is 2.26. The monoisotopic (exact) mass is 461 g/mol. The number of halogens is 2. The molecule has 0 unspecified atom stereocenters. The van der Waals surface area contributed by atoms with E-state index in [-0.39, 0.29) is 28.7 Å². The molecule has 1 aliphatic heterocycles. The number of piperazine rings is 1. The van der Waals surface area contributed by atoms with Crippen LogP contribution in [0, 0.1) is 18.2 Å². The van der Waals surface area contributed by atoms with Crippen molar-refractivity contribution in [3.05, 3.63) is 70.5 Å². The van der Waals surface area contributed by atoms with Crippen LogP contribution in [0.2, 0.25) is 0 Å². The number of benzene rings is 1. The number of nitrogens with one attached hydrogen (secondary N) is 2. The molecule has 0 radical (unpaired) electrons. The quantitative estimate of drug-likeness (QED) is 0.538. The van der Waals surface area contributed by atoms with Crippen LogP contribution >= 0.6 is 0 Å². The summed E-state index contributed by atoms with van der Waals surface area (Å²) in [4.78, 5) is 18.2. The standard InChI is InChI=1S/C24H21F2N7O/c1-14-9-16-17(10-14)21(26)19(11-18(16)25)34-24-22(27-2)23(30-13-31-24)32-20-4-3-15(12-29-20)33-7-5-28-6-8-33/h3-4,10-13,28H,5-9H2,1H3,(H,29,30,31,32). The van der Waals surface area contributed by atoms with Crippen LogP contribution in [-0.4, -0.2) is 41.1 Å². The van der Waals surface area contributed by atoms with Crippen LogP contribution in [0.3, 0.4) is 0 Å². The highest BCUT2D eigenvalue weighted by atomic mass is 19.1. The molecule has 1 fully saturated rings. The maximum absolute atomic E-state index is 15.0. The summed E-state index contributed by atoms with van der Waals surface area (Å²) >= 11 is 0. The van der Waals surface area contributed by atoms with Crippen molar-refractivity contribution < 1.29 is 13.5 Å². The van der Waals surface area contributed by atoms with Gasteiger partial charge in [0.15, 0.2) is 11.6 Å². The highest BCUT2D eigenvalue weighted by Crippen LogP contribution is 2.40. The average molecular weight is 461 g/mol. The van der Waals surface area contributed by atoms with E-state index < -0.39 is 11.6 Å². The molecule has 0 amide bonds. The summed E-state index contributed by atoms with van der Waals surface area (Å²) in [6.07, 6.45) is 4.89. The minimum Gasteiger partial charge on any atom is -0.446 e. The van der Waals surface area contributed by atoms with Gasteiger partial charge in [0.1, 0.15) is 23.8 Å². The molecule has 3 heterocycles. The first-order chi connectivity index (χ1) is 16.5. The number of ether oxygens (including phenoxy) is 1. The number of allylic oxidation sites excluding steroid dienone is 1. The molecule has 1 saturated heterocycles. The van der Waals surface area contributed by atoms with Crippen LogP contribution in [0.15, 0.2) is 36.3 Å².